The van der Waals surface area contributed by atoms with Gasteiger partial charge in [-0.2, -0.15) is 0 Å². The van der Waals surface area contributed by atoms with Crippen molar-refractivity contribution >= 4 is 109 Å². The summed E-state index contributed by atoms with van der Waals surface area (Å²) in [6.45, 7) is 0. The van der Waals surface area contributed by atoms with Crippen molar-refractivity contribution in [2.24, 2.45) is 0 Å². The van der Waals surface area contributed by atoms with Gasteiger partial charge in [0.2, 0.25) is 11.9 Å². The number of aromatic nitrogens is 15. The molecule has 0 saturated heterocycles. The molecule has 15 nitrogen and oxygen atoms in total. The average Bonchev–Trinajstić information content (AvgIpc) is 1.58. The van der Waals surface area contributed by atoms with E-state index in [9.17, 15) is 0 Å². The van der Waals surface area contributed by atoms with E-state index in [1.807, 2.05) is 134 Å². The summed E-state index contributed by atoms with van der Waals surface area (Å²) in [5.41, 5.74) is 26.4. The minimum absolute atomic E-state index is 0.499. The molecule has 0 spiro atoms. The van der Waals surface area contributed by atoms with Crippen LogP contribution in [0.25, 0.3) is 240 Å². The molecule has 0 N–H and O–H groups in total. The highest BCUT2D eigenvalue weighted by Crippen LogP contribution is 2.44. The molecule has 26 rings (SSSR count). The van der Waals surface area contributed by atoms with Crippen molar-refractivity contribution in [3.63, 3.8) is 0 Å². The number of hydrogen-bond acceptors (Lipinski definition) is 10. The Morgan fingerprint density at radius 1 is 0.130 bits per heavy atom. The number of nitrogens with zero attached hydrogens (tertiary/aromatic N) is 15. The highest BCUT2D eigenvalue weighted by Gasteiger charge is 2.25. The summed E-state index contributed by atoms with van der Waals surface area (Å²) in [6.07, 6.45) is 7.25. The molecule has 0 fully saturated rings. The molecule has 0 aliphatic carbocycles. The number of para-hydroxylation sites is 7. The second-order valence-electron chi connectivity index (χ2n) is 32.8. The van der Waals surface area contributed by atoms with E-state index in [0.717, 1.165) is 116 Å². The molecule has 0 aliphatic rings. The third-order valence-corrected chi connectivity index (χ3v) is 25.1. The molecule has 0 atom stereocenters. The molecule has 9 aromatic heterocycles. The van der Waals surface area contributed by atoms with Crippen LogP contribution in [0.2, 0.25) is 0 Å². The first-order valence-electron chi connectivity index (χ1n) is 43.7. The summed E-state index contributed by atoms with van der Waals surface area (Å²) in [4.78, 5) is 49.4. The molecule has 17 aromatic carbocycles. The number of fused-ring (bicyclic) bond motifs is 15. The van der Waals surface area contributed by atoms with Gasteiger partial charge < -0.3 is 13.7 Å². The van der Waals surface area contributed by atoms with Gasteiger partial charge in [0.15, 0.2) is 34.9 Å². The Labute approximate surface area is 750 Å². The van der Waals surface area contributed by atoms with E-state index in [0.29, 0.717) is 58.0 Å². The molecule has 131 heavy (non-hydrogen) atoms. The van der Waals surface area contributed by atoms with Crippen LogP contribution < -0.4 is 0 Å². The van der Waals surface area contributed by atoms with Crippen LogP contribution >= 0.6 is 0 Å². The van der Waals surface area contributed by atoms with Crippen molar-refractivity contribution < 1.29 is 0 Å². The van der Waals surface area contributed by atoms with Crippen molar-refractivity contribution in [1.29, 1.82) is 0 Å². The summed E-state index contributed by atoms with van der Waals surface area (Å²) in [7, 11) is 0. The molecular weight excluding hydrogens is 1600 g/mol. The topological polar surface area (TPSA) is 154 Å². The molecular formula is C116H73N15. The van der Waals surface area contributed by atoms with E-state index in [4.69, 9.17) is 49.8 Å². The Balaban J connectivity index is 0.000000147. The third-order valence-electron chi connectivity index (χ3n) is 25.1. The van der Waals surface area contributed by atoms with Gasteiger partial charge in [-0.05, 0) is 167 Å². The minimum Gasteiger partial charge on any atom is -0.309 e. The molecule has 26 aromatic rings. The first-order chi connectivity index (χ1) is 64.9. The molecule has 9 heterocycles. The van der Waals surface area contributed by atoms with Crippen LogP contribution in [0, 0.1) is 0 Å². The van der Waals surface area contributed by atoms with Crippen molar-refractivity contribution in [3.05, 3.63) is 443 Å². The van der Waals surface area contributed by atoms with Crippen LogP contribution in [0.15, 0.2) is 443 Å². The lowest BCUT2D eigenvalue weighted by molar-refractivity contribution is 0.981. The predicted molar refractivity (Wildman–Crippen MR) is 531 cm³/mol. The van der Waals surface area contributed by atoms with Crippen molar-refractivity contribution in [3.8, 4) is 131 Å². The maximum absolute atomic E-state index is 5.09. The largest absolute Gasteiger partial charge is 0.309 e. The third kappa shape index (κ3) is 13.2. The summed E-state index contributed by atoms with van der Waals surface area (Å²) >= 11 is 0. The predicted octanol–water partition coefficient (Wildman–Crippen LogP) is 27.8. The zero-order chi connectivity index (χ0) is 86.4. The number of hydrogen-bond donors (Lipinski definition) is 0. The van der Waals surface area contributed by atoms with Crippen LogP contribution in [0.4, 0.5) is 0 Å². The van der Waals surface area contributed by atoms with Gasteiger partial charge in [-0.3, -0.25) is 9.13 Å². The van der Waals surface area contributed by atoms with Crippen LogP contribution in [-0.4, -0.2) is 72.7 Å². The highest BCUT2D eigenvalue weighted by molar-refractivity contribution is 6.16. The zero-order valence-corrected chi connectivity index (χ0v) is 70.4. The first kappa shape index (κ1) is 75.4. The SMILES string of the molecule is c1ccc(-c2nc(-c3ccccc3)nc(-c3cnc(-n4c5ccc(-c6ccc7c(c6)c6ccccc6n7-c6ccccc6)cc5c5cc(-c6ccc7c(c6)c6ccccc6n7-c6ccccc6)ccc54)nc3)n2)cc1.c1ccc(-c2nc(-c3ccccc3)nc(-c3cnc(-n4c5ccccc5c5cc(-c6ccc7c(c6)c6ccccc6n7-c6ccccc6)ccc54)nc3)n2)cc1. The van der Waals surface area contributed by atoms with E-state index >= 15 is 0 Å². The van der Waals surface area contributed by atoms with Crippen LogP contribution in [0.1, 0.15) is 0 Å². The lowest BCUT2D eigenvalue weighted by Gasteiger charge is -2.10. The van der Waals surface area contributed by atoms with Gasteiger partial charge in [-0.15, -0.1) is 0 Å². The summed E-state index contributed by atoms with van der Waals surface area (Å²) < 4.78 is 11.4. The Morgan fingerprint density at radius 3 is 0.542 bits per heavy atom. The number of rotatable bonds is 14. The quantitative estimate of drug-likeness (QED) is 0.103. The van der Waals surface area contributed by atoms with Gasteiger partial charge in [0.25, 0.3) is 0 Å². The smallest absolute Gasteiger partial charge is 0.234 e. The Kier molecular flexibility index (Phi) is 18.2. The molecule has 0 radical (unpaired) electrons. The van der Waals surface area contributed by atoms with Crippen molar-refractivity contribution in [1.82, 2.24) is 72.7 Å². The van der Waals surface area contributed by atoms with Crippen molar-refractivity contribution in [2.45, 2.75) is 0 Å². The monoisotopic (exact) mass is 1680 g/mol. The fourth-order valence-electron chi connectivity index (χ4n) is 19.0. The molecule has 0 bridgehead atoms. The molecule has 0 aliphatic heterocycles. The Morgan fingerprint density at radius 2 is 0.305 bits per heavy atom. The fourth-order valence-corrected chi connectivity index (χ4v) is 19.0. The molecule has 0 unspecified atom stereocenters. The second-order valence-corrected chi connectivity index (χ2v) is 32.8. The van der Waals surface area contributed by atoms with Gasteiger partial charge in [-0.1, -0.05) is 285 Å². The van der Waals surface area contributed by atoms with Gasteiger partial charge in [0.05, 0.1) is 66.3 Å². The van der Waals surface area contributed by atoms with E-state index in [-0.39, 0.29) is 0 Å². The maximum Gasteiger partial charge on any atom is 0.234 e. The lowest BCUT2D eigenvalue weighted by atomic mass is 9.98. The summed E-state index contributed by atoms with van der Waals surface area (Å²) in [5.74, 6) is 4.49. The Bertz CT molecular complexity index is 8600. The number of benzene rings is 17. The minimum atomic E-state index is 0.499. The van der Waals surface area contributed by atoms with Gasteiger partial charge in [-0.25, -0.2) is 49.8 Å². The summed E-state index contributed by atoms with van der Waals surface area (Å²) in [5, 5.41) is 11.8. The molecule has 0 saturated carbocycles. The second kappa shape index (κ2) is 31.5. The first-order valence-corrected chi connectivity index (χ1v) is 43.7. The molecule has 0 amide bonds. The van der Waals surface area contributed by atoms with Crippen LogP contribution in [0.5, 0.6) is 0 Å². The Hall–Kier alpha value is -18.1. The van der Waals surface area contributed by atoms with Crippen LogP contribution in [-0.2, 0) is 0 Å². The standard InChI is InChI=1S/C67H42N8.C49H31N7/c1-5-17-43(18-6-1)64-70-65(44-19-7-2-8-20-44)72-66(71-64)49-41-68-67(69-42-49)75-62-35-31-47(45-29-33-60-54(37-45)52-25-13-15-27-58(52)73(60)50-21-9-3-10-22-50)39-56(62)57-40-48(32-36-63(57)75)46-30-34-61-55(38-46)53-26-14-16-28-59(53)74(61)51-23-11-4-12-24-51;1-4-14-32(15-5-1)46-52-47(33-16-6-2-7-17-33)54-48(53-46)36-30-50-49(51-31-36)56-43-23-13-11-21-39(43)41-29-35(25-27-45(41)56)34-24-26-44-40(28-34)38-20-10-12-22-42(38)55(44)37-18-8-3-9-19-37/h1-42H;1-31H. The fraction of sp³-hybridized carbons (Fsp3) is 0. The van der Waals surface area contributed by atoms with E-state index < -0.39 is 0 Å². The van der Waals surface area contributed by atoms with E-state index in [2.05, 4.69) is 320 Å². The molecule has 612 valence electrons. The van der Waals surface area contributed by atoms with Crippen molar-refractivity contribution in [2.75, 3.05) is 0 Å². The van der Waals surface area contributed by atoms with Gasteiger partial charge in [0.1, 0.15) is 0 Å². The van der Waals surface area contributed by atoms with E-state index in [1.165, 1.54) is 65.4 Å². The highest BCUT2D eigenvalue weighted by atomic mass is 15.2. The van der Waals surface area contributed by atoms with Gasteiger partial charge in [0, 0.05) is 118 Å². The summed E-state index contributed by atoms with van der Waals surface area (Å²) in [6, 6.07) is 147. The normalized spacial score (nSPS) is 11.7. The zero-order valence-electron chi connectivity index (χ0n) is 70.4. The average molecular weight is 1680 g/mol. The van der Waals surface area contributed by atoms with Crippen LogP contribution in [0.3, 0.4) is 0 Å². The van der Waals surface area contributed by atoms with Gasteiger partial charge >= 0.3 is 0 Å². The molecule has 15 heteroatoms. The lowest BCUT2D eigenvalue weighted by Crippen LogP contribution is -2.03. The maximum atomic E-state index is 5.09. The van der Waals surface area contributed by atoms with E-state index in [1.54, 1.807) is 12.4 Å².